The number of rotatable bonds is 7. The lowest BCUT2D eigenvalue weighted by atomic mass is 9.98. The maximum Gasteiger partial charge on any atom is 0.417 e. The molecule has 42 heavy (non-hydrogen) atoms. The SMILES string of the molecule is COC(=O)c1cc(F)c2nc(N3[C@@H]4CC[C@H]3C[C@@H](OCc3c(-c5ccccc5C(F)(F)F)noc3C3CC3)C4)sc2c1. The van der Waals surface area contributed by atoms with Crippen LogP contribution in [0.2, 0.25) is 0 Å². The summed E-state index contributed by atoms with van der Waals surface area (Å²) in [5.74, 6) is -0.402. The van der Waals surface area contributed by atoms with Gasteiger partial charge in [-0.2, -0.15) is 13.2 Å². The number of methoxy groups -OCH3 is 1. The highest BCUT2D eigenvalue weighted by Gasteiger charge is 2.43. The van der Waals surface area contributed by atoms with Gasteiger partial charge in [0.1, 0.15) is 17.0 Å². The summed E-state index contributed by atoms with van der Waals surface area (Å²) in [4.78, 5) is 18.8. The predicted octanol–water partition coefficient (Wildman–Crippen LogP) is 7.49. The smallest absolute Gasteiger partial charge is 0.417 e. The van der Waals surface area contributed by atoms with E-state index in [9.17, 15) is 22.4 Å². The lowest BCUT2D eigenvalue weighted by Crippen LogP contribution is -2.45. The number of alkyl halides is 3. The standard InChI is InChI=1S/C30H27F4N3O4S/c1-39-28(38)16-10-23(31)26-24(11-16)42-29(35-26)37-17-8-9-18(37)13-19(12-17)40-14-21-25(36-41-27(21)15-6-7-15)20-4-2-3-5-22(20)30(32,33)34/h2-5,10-11,15,17-19H,6-9,12-14H2,1H3/t17-,18+,19+. The number of carbonyl (C=O) groups is 1. The molecule has 220 valence electrons. The lowest BCUT2D eigenvalue weighted by molar-refractivity contribution is -0.137. The number of aromatic nitrogens is 2. The van der Waals surface area contributed by atoms with E-state index < -0.39 is 23.5 Å². The monoisotopic (exact) mass is 601 g/mol. The molecule has 0 amide bonds. The number of carbonyl (C=O) groups excluding carboxylic acids is 1. The number of ether oxygens (including phenoxy) is 2. The van der Waals surface area contributed by atoms with Crippen LogP contribution in [0.3, 0.4) is 0 Å². The summed E-state index contributed by atoms with van der Waals surface area (Å²) in [5.41, 5.74) is 0.392. The molecule has 3 atom stereocenters. The fourth-order valence-electron chi connectivity index (χ4n) is 6.38. The van der Waals surface area contributed by atoms with E-state index in [0.717, 1.165) is 37.8 Å². The predicted molar refractivity (Wildman–Crippen MR) is 147 cm³/mol. The van der Waals surface area contributed by atoms with Crippen LogP contribution in [0.15, 0.2) is 40.9 Å². The summed E-state index contributed by atoms with van der Waals surface area (Å²) in [6, 6.07) is 8.44. The minimum absolute atomic E-state index is 0.00689. The Balaban J connectivity index is 1.11. The summed E-state index contributed by atoms with van der Waals surface area (Å²) in [7, 11) is 1.25. The molecule has 4 aromatic rings. The number of fused-ring (bicyclic) bond motifs is 3. The molecule has 4 heterocycles. The number of hydrogen-bond donors (Lipinski definition) is 0. The first-order chi connectivity index (χ1) is 20.2. The molecular formula is C30H27F4N3O4S. The average molecular weight is 602 g/mol. The van der Waals surface area contributed by atoms with Crippen LogP contribution in [0.5, 0.6) is 0 Å². The summed E-state index contributed by atoms with van der Waals surface area (Å²) >= 11 is 1.35. The molecule has 2 aromatic heterocycles. The second kappa shape index (κ2) is 10.3. The van der Waals surface area contributed by atoms with Gasteiger partial charge in [0.2, 0.25) is 0 Å². The zero-order chi connectivity index (χ0) is 29.2. The topological polar surface area (TPSA) is 77.7 Å². The van der Waals surface area contributed by atoms with Crippen LogP contribution in [-0.4, -0.2) is 41.4 Å². The minimum Gasteiger partial charge on any atom is -0.465 e. The highest BCUT2D eigenvalue weighted by Crippen LogP contribution is 2.47. The number of esters is 1. The molecule has 0 spiro atoms. The van der Waals surface area contributed by atoms with Crippen molar-refractivity contribution in [2.45, 2.75) is 75.4 Å². The van der Waals surface area contributed by atoms with Crippen molar-refractivity contribution in [1.29, 1.82) is 0 Å². The van der Waals surface area contributed by atoms with Gasteiger partial charge in [0, 0.05) is 29.1 Å². The Kier molecular flexibility index (Phi) is 6.73. The fourth-order valence-corrected chi connectivity index (χ4v) is 7.54. The van der Waals surface area contributed by atoms with Crippen molar-refractivity contribution in [2.75, 3.05) is 12.0 Å². The number of piperidine rings is 1. The van der Waals surface area contributed by atoms with E-state index >= 15 is 0 Å². The van der Waals surface area contributed by atoms with E-state index in [1.54, 1.807) is 12.1 Å². The van der Waals surface area contributed by atoms with Crippen LogP contribution in [0.1, 0.15) is 71.7 Å². The number of hydrogen-bond acceptors (Lipinski definition) is 8. The van der Waals surface area contributed by atoms with Gasteiger partial charge in [-0.05, 0) is 56.7 Å². The van der Waals surface area contributed by atoms with Crippen LogP contribution in [0.4, 0.5) is 22.7 Å². The number of nitrogens with zero attached hydrogens (tertiary/aromatic N) is 3. The first-order valence-electron chi connectivity index (χ1n) is 13.9. The van der Waals surface area contributed by atoms with Crippen molar-refractivity contribution in [3.8, 4) is 11.3 Å². The molecular weight excluding hydrogens is 574 g/mol. The van der Waals surface area contributed by atoms with Crippen molar-refractivity contribution >= 4 is 32.7 Å². The molecule has 3 aliphatic rings. The van der Waals surface area contributed by atoms with Gasteiger partial charge in [0.05, 0.1) is 35.6 Å². The Morgan fingerprint density at radius 2 is 1.86 bits per heavy atom. The third-order valence-corrected chi connectivity index (χ3v) is 9.50. The third kappa shape index (κ3) is 4.84. The second-order valence-corrected chi connectivity index (χ2v) is 12.2. The van der Waals surface area contributed by atoms with Crippen molar-refractivity contribution in [3.05, 3.63) is 64.7 Å². The van der Waals surface area contributed by atoms with Gasteiger partial charge < -0.3 is 18.9 Å². The quantitative estimate of drug-likeness (QED) is 0.160. The van der Waals surface area contributed by atoms with Crippen LogP contribution in [0.25, 0.3) is 21.5 Å². The molecule has 7 nitrogen and oxygen atoms in total. The summed E-state index contributed by atoms with van der Waals surface area (Å²) in [6.07, 6.45) is 0.473. The van der Waals surface area contributed by atoms with Gasteiger partial charge in [-0.25, -0.2) is 14.2 Å². The Morgan fingerprint density at radius 3 is 2.55 bits per heavy atom. The van der Waals surface area contributed by atoms with Crippen LogP contribution < -0.4 is 4.90 Å². The van der Waals surface area contributed by atoms with Gasteiger partial charge in [-0.1, -0.05) is 34.7 Å². The van der Waals surface area contributed by atoms with Crippen LogP contribution in [0, 0.1) is 5.82 Å². The van der Waals surface area contributed by atoms with E-state index in [4.69, 9.17) is 14.0 Å². The molecule has 12 heteroatoms. The number of thiazole rings is 1. The molecule has 2 aromatic carbocycles. The van der Waals surface area contributed by atoms with E-state index in [1.807, 2.05) is 0 Å². The molecule has 0 unspecified atom stereocenters. The number of halogens is 4. The molecule has 1 saturated carbocycles. The lowest BCUT2D eigenvalue weighted by Gasteiger charge is -2.38. The third-order valence-electron chi connectivity index (χ3n) is 8.49. The van der Waals surface area contributed by atoms with Crippen LogP contribution in [-0.2, 0) is 22.3 Å². The van der Waals surface area contributed by atoms with E-state index in [0.29, 0.717) is 34.0 Å². The highest BCUT2D eigenvalue weighted by molar-refractivity contribution is 7.22. The molecule has 2 aliphatic heterocycles. The van der Waals surface area contributed by atoms with Gasteiger partial charge in [0.15, 0.2) is 10.9 Å². The van der Waals surface area contributed by atoms with E-state index in [1.165, 1.54) is 30.6 Å². The maximum absolute atomic E-state index is 14.8. The Hall–Kier alpha value is -3.51. The molecule has 7 rings (SSSR count). The number of anilines is 1. The second-order valence-electron chi connectivity index (χ2n) is 11.2. The highest BCUT2D eigenvalue weighted by atomic mass is 32.1. The van der Waals surface area contributed by atoms with Crippen molar-refractivity contribution in [1.82, 2.24) is 10.1 Å². The Labute approximate surface area is 242 Å². The van der Waals surface area contributed by atoms with Crippen LogP contribution >= 0.6 is 11.3 Å². The molecule has 2 saturated heterocycles. The van der Waals surface area contributed by atoms with Crippen molar-refractivity contribution in [3.63, 3.8) is 0 Å². The normalized spacial score (nSPS) is 22.2. The Bertz CT molecular complexity index is 1650. The van der Waals surface area contributed by atoms with Gasteiger partial charge in [-0.15, -0.1) is 0 Å². The van der Waals surface area contributed by atoms with Gasteiger partial charge in [0.25, 0.3) is 0 Å². The molecule has 0 radical (unpaired) electrons. The van der Waals surface area contributed by atoms with Crippen molar-refractivity contribution in [2.24, 2.45) is 0 Å². The van der Waals surface area contributed by atoms with Gasteiger partial charge in [-0.3, -0.25) is 0 Å². The summed E-state index contributed by atoms with van der Waals surface area (Å²) < 4.78 is 73.5. The maximum atomic E-state index is 14.8. The summed E-state index contributed by atoms with van der Waals surface area (Å²) in [6.45, 7) is 0.115. The molecule has 0 N–H and O–H groups in total. The molecule has 2 bridgehead atoms. The minimum atomic E-state index is -4.52. The van der Waals surface area contributed by atoms with Crippen molar-refractivity contribution < 1.29 is 36.4 Å². The Morgan fingerprint density at radius 1 is 1.12 bits per heavy atom. The van der Waals surface area contributed by atoms with E-state index in [-0.39, 0.29) is 53.0 Å². The largest absolute Gasteiger partial charge is 0.465 e. The average Bonchev–Trinajstić information content (AvgIpc) is 3.48. The van der Waals surface area contributed by atoms with E-state index in [2.05, 4.69) is 15.0 Å². The zero-order valence-electron chi connectivity index (χ0n) is 22.6. The first-order valence-corrected chi connectivity index (χ1v) is 14.8. The van der Waals surface area contributed by atoms with Gasteiger partial charge >= 0.3 is 12.1 Å². The summed E-state index contributed by atoms with van der Waals surface area (Å²) in [5, 5.41) is 4.81. The zero-order valence-corrected chi connectivity index (χ0v) is 23.4. The number of benzene rings is 2. The fraction of sp³-hybridized carbons (Fsp3) is 0.433. The molecule has 1 aliphatic carbocycles. The molecule has 3 fully saturated rings. The first kappa shape index (κ1) is 27.3.